The number of thioether (sulfide) groups is 1. The van der Waals surface area contributed by atoms with E-state index in [0.29, 0.717) is 5.02 Å². The average Bonchev–Trinajstić information content (AvgIpc) is 3.17. The van der Waals surface area contributed by atoms with Crippen molar-refractivity contribution in [3.05, 3.63) is 59.1 Å². The van der Waals surface area contributed by atoms with Crippen LogP contribution in [0.15, 0.2) is 53.7 Å². The van der Waals surface area contributed by atoms with E-state index in [4.69, 9.17) is 16.3 Å². The Morgan fingerprint density at radius 2 is 1.77 bits per heavy atom. The quantitative estimate of drug-likeness (QED) is 0.421. The van der Waals surface area contributed by atoms with Crippen molar-refractivity contribution in [1.29, 1.82) is 0 Å². The second-order valence-electron chi connectivity index (χ2n) is 8.74. The molecule has 158 valence electrons. The number of benzene rings is 2. The van der Waals surface area contributed by atoms with Gasteiger partial charge in [-0.25, -0.2) is 0 Å². The predicted molar refractivity (Wildman–Crippen MR) is 125 cm³/mol. The van der Waals surface area contributed by atoms with Crippen LogP contribution >= 0.6 is 23.4 Å². The molecule has 2 heterocycles. The van der Waals surface area contributed by atoms with Crippen LogP contribution in [-0.2, 0) is 10.2 Å². The summed E-state index contributed by atoms with van der Waals surface area (Å²) in [6.45, 7) is 7.53. The van der Waals surface area contributed by atoms with E-state index in [1.54, 1.807) is 11.8 Å². The second kappa shape index (κ2) is 9.13. The molecular formula is C24H28ClN3OS. The maximum atomic E-state index is 6.13. The maximum absolute atomic E-state index is 6.13. The number of hydrogen-bond acceptors (Lipinski definition) is 4. The van der Waals surface area contributed by atoms with Gasteiger partial charge in [0.2, 0.25) is 0 Å². The van der Waals surface area contributed by atoms with E-state index in [-0.39, 0.29) is 11.5 Å². The van der Waals surface area contributed by atoms with Gasteiger partial charge in [0.05, 0.1) is 6.10 Å². The normalized spacial score (nSPS) is 17.3. The van der Waals surface area contributed by atoms with Crippen molar-refractivity contribution >= 4 is 23.4 Å². The number of rotatable bonds is 5. The zero-order chi connectivity index (χ0) is 21.1. The summed E-state index contributed by atoms with van der Waals surface area (Å²) in [4.78, 5) is 0. The molecular weight excluding hydrogens is 414 g/mol. The summed E-state index contributed by atoms with van der Waals surface area (Å²) in [5.74, 6) is 1.72. The zero-order valence-corrected chi connectivity index (χ0v) is 19.3. The Morgan fingerprint density at radius 1 is 1.03 bits per heavy atom. The first-order chi connectivity index (χ1) is 14.4. The standard InChI is InChI=1S/C24H28ClN3OS/c1-24(2,3)18-9-7-17(8-10-18)22-26-27-23(30-16-21-6-4-5-15-29-21)28(22)20-13-11-19(25)12-14-20/h7-14,21H,4-6,15-16H2,1-3H3/t21-/m1/s1. The Bertz CT molecular complexity index is 971. The van der Waals surface area contributed by atoms with Crippen molar-refractivity contribution in [2.45, 2.75) is 56.7 Å². The topological polar surface area (TPSA) is 39.9 Å². The van der Waals surface area contributed by atoms with Gasteiger partial charge in [0.1, 0.15) is 0 Å². The first-order valence-corrected chi connectivity index (χ1v) is 11.8. The lowest BCUT2D eigenvalue weighted by Crippen LogP contribution is -2.21. The molecule has 1 saturated heterocycles. The summed E-state index contributed by atoms with van der Waals surface area (Å²) in [5.41, 5.74) is 3.47. The summed E-state index contributed by atoms with van der Waals surface area (Å²) in [6.07, 6.45) is 3.80. The lowest BCUT2D eigenvalue weighted by molar-refractivity contribution is 0.0315. The molecule has 1 aromatic heterocycles. The molecule has 0 N–H and O–H groups in total. The van der Waals surface area contributed by atoms with Gasteiger partial charge >= 0.3 is 0 Å². The molecule has 30 heavy (non-hydrogen) atoms. The monoisotopic (exact) mass is 441 g/mol. The molecule has 1 aliphatic heterocycles. The highest BCUT2D eigenvalue weighted by Gasteiger charge is 2.20. The van der Waals surface area contributed by atoms with E-state index in [0.717, 1.165) is 47.4 Å². The minimum atomic E-state index is 0.114. The van der Waals surface area contributed by atoms with E-state index in [9.17, 15) is 0 Å². The molecule has 0 saturated carbocycles. The van der Waals surface area contributed by atoms with Gasteiger partial charge in [0.15, 0.2) is 11.0 Å². The molecule has 1 aliphatic rings. The molecule has 0 amide bonds. The van der Waals surface area contributed by atoms with Crippen molar-refractivity contribution in [1.82, 2.24) is 14.8 Å². The van der Waals surface area contributed by atoms with E-state index in [1.165, 1.54) is 12.0 Å². The van der Waals surface area contributed by atoms with Crippen molar-refractivity contribution in [3.63, 3.8) is 0 Å². The van der Waals surface area contributed by atoms with Gasteiger partial charge < -0.3 is 4.74 Å². The van der Waals surface area contributed by atoms with Crippen LogP contribution in [0.25, 0.3) is 17.1 Å². The molecule has 3 aromatic rings. The minimum Gasteiger partial charge on any atom is -0.377 e. The molecule has 4 nitrogen and oxygen atoms in total. The molecule has 0 bridgehead atoms. The molecule has 6 heteroatoms. The van der Waals surface area contributed by atoms with Gasteiger partial charge in [0.25, 0.3) is 0 Å². The third-order valence-corrected chi connectivity index (χ3v) is 6.71. The third kappa shape index (κ3) is 4.90. The van der Waals surface area contributed by atoms with Gasteiger partial charge in [-0.15, -0.1) is 10.2 Å². The fourth-order valence-electron chi connectivity index (χ4n) is 3.60. The van der Waals surface area contributed by atoms with Crippen LogP contribution < -0.4 is 0 Å². The van der Waals surface area contributed by atoms with Crippen LogP contribution in [0.5, 0.6) is 0 Å². The average molecular weight is 442 g/mol. The second-order valence-corrected chi connectivity index (χ2v) is 10.2. The Kier molecular flexibility index (Phi) is 6.51. The van der Waals surface area contributed by atoms with E-state index < -0.39 is 0 Å². The zero-order valence-electron chi connectivity index (χ0n) is 17.8. The molecule has 0 aliphatic carbocycles. The minimum absolute atomic E-state index is 0.114. The van der Waals surface area contributed by atoms with E-state index in [2.05, 4.69) is 59.8 Å². The number of halogens is 1. The number of hydrogen-bond donors (Lipinski definition) is 0. The van der Waals surface area contributed by atoms with Crippen molar-refractivity contribution in [3.8, 4) is 17.1 Å². The Labute approximate surface area is 188 Å². The number of nitrogens with zero attached hydrogens (tertiary/aromatic N) is 3. The van der Waals surface area contributed by atoms with Crippen LogP contribution in [-0.4, -0.2) is 33.2 Å². The molecule has 0 radical (unpaired) electrons. The van der Waals surface area contributed by atoms with Gasteiger partial charge in [-0.1, -0.05) is 68.4 Å². The maximum Gasteiger partial charge on any atom is 0.196 e. The Balaban J connectivity index is 1.67. The lowest BCUT2D eigenvalue weighted by atomic mass is 9.87. The molecule has 1 fully saturated rings. The van der Waals surface area contributed by atoms with Crippen molar-refractivity contribution < 1.29 is 4.74 Å². The van der Waals surface area contributed by atoms with Gasteiger partial charge in [0, 0.05) is 28.6 Å². The first-order valence-electron chi connectivity index (χ1n) is 10.5. The fraction of sp³-hybridized carbons (Fsp3) is 0.417. The summed E-state index contributed by atoms with van der Waals surface area (Å²) >= 11 is 7.84. The first kappa shape index (κ1) is 21.4. The summed E-state index contributed by atoms with van der Waals surface area (Å²) in [6, 6.07) is 16.5. The molecule has 1 atom stereocenters. The van der Waals surface area contributed by atoms with Gasteiger partial charge in [-0.2, -0.15) is 0 Å². The Morgan fingerprint density at radius 3 is 2.40 bits per heavy atom. The van der Waals surface area contributed by atoms with Crippen molar-refractivity contribution in [2.24, 2.45) is 0 Å². The van der Waals surface area contributed by atoms with Crippen molar-refractivity contribution in [2.75, 3.05) is 12.4 Å². The highest BCUT2D eigenvalue weighted by atomic mass is 35.5. The third-order valence-electron chi connectivity index (χ3n) is 5.40. The number of ether oxygens (including phenoxy) is 1. The highest BCUT2D eigenvalue weighted by Crippen LogP contribution is 2.31. The van der Waals surface area contributed by atoms with E-state index in [1.807, 2.05) is 24.3 Å². The fourth-order valence-corrected chi connectivity index (χ4v) is 4.74. The molecule has 0 spiro atoms. The number of aromatic nitrogens is 3. The smallest absolute Gasteiger partial charge is 0.196 e. The van der Waals surface area contributed by atoms with Crippen LogP contribution in [0.3, 0.4) is 0 Å². The van der Waals surface area contributed by atoms with E-state index >= 15 is 0 Å². The molecule has 0 unspecified atom stereocenters. The lowest BCUT2D eigenvalue weighted by Gasteiger charge is -2.22. The van der Waals surface area contributed by atoms with Crippen LogP contribution in [0.4, 0.5) is 0 Å². The van der Waals surface area contributed by atoms with Crippen LogP contribution in [0.1, 0.15) is 45.6 Å². The van der Waals surface area contributed by atoms with Gasteiger partial charge in [-0.05, 0) is 54.5 Å². The predicted octanol–water partition coefficient (Wildman–Crippen LogP) is 6.55. The summed E-state index contributed by atoms with van der Waals surface area (Å²) in [7, 11) is 0. The van der Waals surface area contributed by atoms with Crippen LogP contribution in [0, 0.1) is 0 Å². The summed E-state index contributed by atoms with van der Waals surface area (Å²) in [5, 5.41) is 10.7. The molecule has 2 aromatic carbocycles. The van der Waals surface area contributed by atoms with Crippen LogP contribution in [0.2, 0.25) is 5.02 Å². The molecule has 4 rings (SSSR count). The highest BCUT2D eigenvalue weighted by molar-refractivity contribution is 7.99. The Hall–Kier alpha value is -1.82. The van der Waals surface area contributed by atoms with Gasteiger partial charge in [-0.3, -0.25) is 4.57 Å². The summed E-state index contributed by atoms with van der Waals surface area (Å²) < 4.78 is 8.02. The SMILES string of the molecule is CC(C)(C)c1ccc(-c2nnc(SC[C@H]3CCCCO3)n2-c2ccc(Cl)cc2)cc1. The largest absolute Gasteiger partial charge is 0.377 e.